The molecule has 21 heavy (non-hydrogen) atoms. The number of alkyl halides is 3. The van der Waals surface area contributed by atoms with Crippen LogP contribution >= 0.6 is 0 Å². The molecule has 0 aliphatic carbocycles. The number of aromatic nitrogens is 2. The molecule has 0 radical (unpaired) electrons. The maximum absolute atomic E-state index is 12.0. The largest absolute Gasteiger partial charge is 0.496 e. The molecule has 0 spiro atoms. The van der Waals surface area contributed by atoms with Gasteiger partial charge >= 0.3 is 6.18 Å². The molecule has 0 aliphatic heterocycles. The third kappa shape index (κ3) is 4.19. The molecular weight excluding hydrogens is 287 g/mol. The number of halogens is 3. The SMILES string of the molecule is COc1ccc(-c2noc(CNCC(F)(F)F)n2)cc1C. The van der Waals surface area contributed by atoms with E-state index in [1.54, 1.807) is 19.2 Å². The summed E-state index contributed by atoms with van der Waals surface area (Å²) in [6.45, 7) is 0.627. The molecule has 0 fully saturated rings. The van der Waals surface area contributed by atoms with Crippen molar-refractivity contribution in [2.24, 2.45) is 0 Å². The lowest BCUT2D eigenvalue weighted by Crippen LogP contribution is -2.28. The van der Waals surface area contributed by atoms with Crippen molar-refractivity contribution in [3.8, 4) is 17.1 Å². The van der Waals surface area contributed by atoms with Crippen LogP contribution in [0.15, 0.2) is 22.7 Å². The van der Waals surface area contributed by atoms with Crippen LogP contribution in [0.4, 0.5) is 13.2 Å². The molecule has 0 saturated carbocycles. The van der Waals surface area contributed by atoms with E-state index in [1.165, 1.54) is 0 Å². The van der Waals surface area contributed by atoms with Crippen LogP contribution in [-0.4, -0.2) is 30.0 Å². The van der Waals surface area contributed by atoms with Gasteiger partial charge < -0.3 is 14.6 Å². The lowest BCUT2D eigenvalue weighted by Gasteiger charge is -2.05. The number of ether oxygens (including phenoxy) is 1. The van der Waals surface area contributed by atoms with E-state index in [9.17, 15) is 13.2 Å². The Bertz CT molecular complexity index is 611. The summed E-state index contributed by atoms with van der Waals surface area (Å²) in [5.41, 5.74) is 1.61. The van der Waals surface area contributed by atoms with Crippen molar-refractivity contribution >= 4 is 0 Å². The first-order valence-corrected chi connectivity index (χ1v) is 6.14. The predicted octanol–water partition coefficient (Wildman–Crippen LogP) is 2.71. The summed E-state index contributed by atoms with van der Waals surface area (Å²) in [5.74, 6) is 1.15. The summed E-state index contributed by atoms with van der Waals surface area (Å²) in [5, 5.41) is 5.94. The summed E-state index contributed by atoms with van der Waals surface area (Å²) in [7, 11) is 1.57. The maximum Gasteiger partial charge on any atom is 0.401 e. The molecule has 0 unspecified atom stereocenters. The lowest BCUT2D eigenvalue weighted by molar-refractivity contribution is -0.125. The summed E-state index contributed by atoms with van der Waals surface area (Å²) < 4.78 is 46.1. The zero-order valence-corrected chi connectivity index (χ0v) is 11.5. The first-order chi connectivity index (χ1) is 9.89. The van der Waals surface area contributed by atoms with Gasteiger partial charge in [-0.1, -0.05) is 5.16 Å². The molecule has 0 atom stereocenters. The van der Waals surface area contributed by atoms with Crippen molar-refractivity contribution in [1.29, 1.82) is 0 Å². The highest BCUT2D eigenvalue weighted by Crippen LogP contribution is 2.24. The normalized spacial score (nSPS) is 11.7. The molecule has 1 aromatic carbocycles. The molecular formula is C13H14F3N3O2. The second-order valence-electron chi connectivity index (χ2n) is 4.41. The van der Waals surface area contributed by atoms with Gasteiger partial charge in [0.05, 0.1) is 20.2 Å². The second kappa shape index (κ2) is 6.13. The number of rotatable bonds is 5. The Hall–Kier alpha value is -2.09. The first-order valence-electron chi connectivity index (χ1n) is 6.14. The Morgan fingerprint density at radius 2 is 2.10 bits per heavy atom. The zero-order valence-electron chi connectivity index (χ0n) is 11.5. The quantitative estimate of drug-likeness (QED) is 0.920. The molecule has 2 aromatic rings. The number of hydrogen-bond donors (Lipinski definition) is 1. The van der Waals surface area contributed by atoms with E-state index >= 15 is 0 Å². The van der Waals surface area contributed by atoms with E-state index in [2.05, 4.69) is 15.5 Å². The fourth-order valence-electron chi connectivity index (χ4n) is 1.77. The van der Waals surface area contributed by atoms with Crippen LogP contribution in [0.1, 0.15) is 11.5 Å². The van der Waals surface area contributed by atoms with E-state index in [-0.39, 0.29) is 12.4 Å². The Morgan fingerprint density at radius 3 is 2.71 bits per heavy atom. The molecule has 5 nitrogen and oxygen atoms in total. The number of nitrogens with one attached hydrogen (secondary N) is 1. The molecule has 2 rings (SSSR count). The van der Waals surface area contributed by atoms with Crippen molar-refractivity contribution in [3.05, 3.63) is 29.7 Å². The predicted molar refractivity (Wildman–Crippen MR) is 68.8 cm³/mol. The fourth-order valence-corrected chi connectivity index (χ4v) is 1.77. The monoisotopic (exact) mass is 301 g/mol. The topological polar surface area (TPSA) is 60.2 Å². The van der Waals surface area contributed by atoms with Crippen molar-refractivity contribution in [3.63, 3.8) is 0 Å². The second-order valence-corrected chi connectivity index (χ2v) is 4.41. The highest BCUT2D eigenvalue weighted by atomic mass is 19.4. The van der Waals surface area contributed by atoms with E-state index in [0.717, 1.165) is 11.3 Å². The molecule has 114 valence electrons. The highest BCUT2D eigenvalue weighted by molar-refractivity contribution is 5.58. The van der Waals surface area contributed by atoms with Crippen molar-refractivity contribution in [2.75, 3.05) is 13.7 Å². The van der Waals surface area contributed by atoms with Gasteiger partial charge in [0.25, 0.3) is 0 Å². The van der Waals surface area contributed by atoms with Crippen molar-refractivity contribution < 1.29 is 22.4 Å². The first kappa shape index (κ1) is 15.3. The molecule has 1 heterocycles. The fraction of sp³-hybridized carbons (Fsp3) is 0.385. The van der Waals surface area contributed by atoms with Gasteiger partial charge in [-0.3, -0.25) is 0 Å². The average Bonchev–Trinajstić information content (AvgIpc) is 2.86. The minimum atomic E-state index is -4.27. The van der Waals surface area contributed by atoms with Gasteiger partial charge in [0.1, 0.15) is 5.75 Å². The molecule has 1 aromatic heterocycles. The highest BCUT2D eigenvalue weighted by Gasteiger charge is 2.26. The maximum atomic E-state index is 12.0. The van der Waals surface area contributed by atoms with Gasteiger partial charge in [0.2, 0.25) is 11.7 Å². The summed E-state index contributed by atoms with van der Waals surface area (Å²) in [6, 6.07) is 5.34. The Morgan fingerprint density at radius 1 is 1.33 bits per heavy atom. The van der Waals surface area contributed by atoms with Crippen molar-refractivity contribution in [2.45, 2.75) is 19.6 Å². The summed E-state index contributed by atoms with van der Waals surface area (Å²) in [6.07, 6.45) is -4.27. The van der Waals surface area contributed by atoms with Crippen LogP contribution in [0.3, 0.4) is 0 Å². The molecule has 8 heteroatoms. The van der Waals surface area contributed by atoms with E-state index in [0.29, 0.717) is 11.4 Å². The lowest BCUT2D eigenvalue weighted by atomic mass is 10.1. The third-order valence-corrected chi connectivity index (χ3v) is 2.72. The van der Waals surface area contributed by atoms with Gasteiger partial charge in [0.15, 0.2) is 0 Å². The van der Waals surface area contributed by atoms with E-state index < -0.39 is 12.7 Å². The molecule has 0 bridgehead atoms. The third-order valence-electron chi connectivity index (χ3n) is 2.72. The van der Waals surface area contributed by atoms with Gasteiger partial charge in [-0.2, -0.15) is 18.2 Å². The Labute approximate surface area is 119 Å². The number of hydrogen-bond acceptors (Lipinski definition) is 5. The standard InChI is InChI=1S/C13H14F3N3O2/c1-8-5-9(3-4-10(8)20-2)12-18-11(21-19-12)6-17-7-13(14,15)16/h3-5,17H,6-7H2,1-2H3. The van der Waals surface area contributed by atoms with Crippen LogP contribution in [-0.2, 0) is 6.54 Å². The van der Waals surface area contributed by atoms with Crippen molar-refractivity contribution in [1.82, 2.24) is 15.5 Å². The number of nitrogens with zero attached hydrogens (tertiary/aromatic N) is 2. The Balaban J connectivity index is 2.04. The number of aryl methyl sites for hydroxylation is 1. The molecule has 0 aliphatic rings. The Kier molecular flexibility index (Phi) is 4.46. The summed E-state index contributed by atoms with van der Waals surface area (Å²) in [4.78, 5) is 4.05. The minimum Gasteiger partial charge on any atom is -0.496 e. The van der Waals surface area contributed by atoms with Gasteiger partial charge in [-0.05, 0) is 30.7 Å². The molecule has 0 saturated heterocycles. The molecule has 1 N–H and O–H groups in total. The van der Waals surface area contributed by atoms with E-state index in [4.69, 9.17) is 9.26 Å². The minimum absolute atomic E-state index is 0.0997. The average molecular weight is 301 g/mol. The van der Waals surface area contributed by atoms with Gasteiger partial charge in [-0.25, -0.2) is 0 Å². The van der Waals surface area contributed by atoms with Crippen LogP contribution in [0.5, 0.6) is 5.75 Å². The van der Waals surface area contributed by atoms with Crippen LogP contribution in [0, 0.1) is 6.92 Å². The number of benzene rings is 1. The van der Waals surface area contributed by atoms with Crippen LogP contribution < -0.4 is 10.1 Å². The van der Waals surface area contributed by atoms with Crippen LogP contribution in [0.25, 0.3) is 11.4 Å². The summed E-state index contributed by atoms with van der Waals surface area (Å²) >= 11 is 0. The number of methoxy groups -OCH3 is 1. The van der Waals surface area contributed by atoms with Gasteiger partial charge in [-0.15, -0.1) is 0 Å². The smallest absolute Gasteiger partial charge is 0.401 e. The molecule has 0 amide bonds. The van der Waals surface area contributed by atoms with Crippen LogP contribution in [0.2, 0.25) is 0 Å². The zero-order chi connectivity index (χ0) is 15.5. The van der Waals surface area contributed by atoms with Gasteiger partial charge in [0, 0.05) is 5.56 Å². The van der Waals surface area contributed by atoms with E-state index in [1.807, 2.05) is 13.0 Å².